The zero-order chi connectivity index (χ0) is 12.2. The topological polar surface area (TPSA) is 77.8 Å². The van der Waals surface area contributed by atoms with Crippen LogP contribution in [-0.4, -0.2) is 15.2 Å². The highest BCUT2D eigenvalue weighted by Gasteiger charge is 2.45. The van der Waals surface area contributed by atoms with Crippen molar-refractivity contribution in [2.75, 3.05) is 0 Å². The lowest BCUT2D eigenvalue weighted by atomic mass is 10.1. The normalized spacial score (nSPS) is 19.5. The van der Waals surface area contributed by atoms with Crippen molar-refractivity contribution in [3.63, 3.8) is 0 Å². The molecule has 0 amide bonds. The number of hydrogen-bond acceptors (Lipinski definition) is 5. The van der Waals surface area contributed by atoms with Crippen LogP contribution in [0.1, 0.15) is 35.9 Å². The third-order valence-electron chi connectivity index (χ3n) is 3.55. The molecule has 2 aromatic rings. The van der Waals surface area contributed by atoms with E-state index in [0.717, 1.165) is 36.1 Å². The van der Waals surface area contributed by atoms with Gasteiger partial charge in [0.05, 0.1) is 11.2 Å². The first-order valence-electron chi connectivity index (χ1n) is 6.04. The third-order valence-corrected chi connectivity index (χ3v) is 3.55. The molecule has 5 nitrogen and oxygen atoms in total. The molecule has 18 heavy (non-hydrogen) atoms. The fourth-order valence-electron chi connectivity index (χ4n) is 2.24. The smallest absolute Gasteiger partial charge is 0.248 e. The minimum Gasteiger partial charge on any atom is -0.419 e. The standard InChI is InChI=1S/C13H12N4O/c14-13(5-6-13)12-17-16-11(18-12)9-3-4-10-8(9)2-1-7-15-10/h1-3,7H,4-6,14H2. The Morgan fingerprint density at radius 2 is 2.17 bits per heavy atom. The number of nitrogens with two attached hydrogens (primary N) is 1. The van der Waals surface area contributed by atoms with Gasteiger partial charge in [-0.2, -0.15) is 0 Å². The molecule has 0 spiro atoms. The summed E-state index contributed by atoms with van der Waals surface area (Å²) in [5, 5.41) is 8.18. The van der Waals surface area contributed by atoms with Crippen LogP contribution < -0.4 is 5.73 Å². The van der Waals surface area contributed by atoms with Crippen molar-refractivity contribution in [1.82, 2.24) is 15.2 Å². The highest BCUT2D eigenvalue weighted by Crippen LogP contribution is 2.42. The van der Waals surface area contributed by atoms with Gasteiger partial charge in [0.2, 0.25) is 11.8 Å². The molecule has 0 bridgehead atoms. The molecule has 5 heteroatoms. The summed E-state index contributed by atoms with van der Waals surface area (Å²) >= 11 is 0. The molecule has 0 aliphatic heterocycles. The second kappa shape index (κ2) is 3.26. The summed E-state index contributed by atoms with van der Waals surface area (Å²) in [6.07, 6.45) is 6.54. The lowest BCUT2D eigenvalue weighted by Crippen LogP contribution is -2.18. The third kappa shape index (κ3) is 1.34. The summed E-state index contributed by atoms with van der Waals surface area (Å²) in [6, 6.07) is 3.95. The van der Waals surface area contributed by atoms with Gasteiger partial charge in [-0.15, -0.1) is 10.2 Å². The SMILES string of the molecule is NC1(c2nnc(C3=CCc4ncccc43)o2)CC1. The van der Waals surface area contributed by atoms with Crippen molar-refractivity contribution in [2.24, 2.45) is 5.73 Å². The van der Waals surface area contributed by atoms with E-state index < -0.39 is 0 Å². The molecule has 2 aliphatic rings. The summed E-state index contributed by atoms with van der Waals surface area (Å²) in [7, 11) is 0. The van der Waals surface area contributed by atoms with Gasteiger partial charge in [0.1, 0.15) is 0 Å². The molecule has 0 radical (unpaired) electrons. The van der Waals surface area contributed by atoms with Crippen LogP contribution in [0.2, 0.25) is 0 Å². The van der Waals surface area contributed by atoms with Gasteiger partial charge in [-0.05, 0) is 18.9 Å². The average Bonchev–Trinajstić information content (AvgIpc) is 2.86. The van der Waals surface area contributed by atoms with E-state index in [9.17, 15) is 0 Å². The van der Waals surface area contributed by atoms with Crippen molar-refractivity contribution >= 4 is 5.57 Å². The number of pyridine rings is 1. The maximum absolute atomic E-state index is 6.05. The Hall–Kier alpha value is -2.01. The quantitative estimate of drug-likeness (QED) is 0.858. The van der Waals surface area contributed by atoms with Gasteiger partial charge in [-0.25, -0.2) is 0 Å². The van der Waals surface area contributed by atoms with E-state index in [1.54, 1.807) is 6.20 Å². The Morgan fingerprint density at radius 3 is 3.00 bits per heavy atom. The maximum atomic E-state index is 6.05. The number of fused-ring (bicyclic) bond motifs is 1. The summed E-state index contributed by atoms with van der Waals surface area (Å²) in [4.78, 5) is 4.34. The lowest BCUT2D eigenvalue weighted by molar-refractivity contribution is 0.432. The fourth-order valence-corrected chi connectivity index (χ4v) is 2.24. The van der Waals surface area contributed by atoms with Crippen LogP contribution in [0.15, 0.2) is 28.8 Å². The van der Waals surface area contributed by atoms with Crippen molar-refractivity contribution in [3.8, 4) is 0 Å². The highest BCUT2D eigenvalue weighted by molar-refractivity contribution is 5.79. The van der Waals surface area contributed by atoms with Gasteiger partial charge in [-0.1, -0.05) is 12.1 Å². The minimum atomic E-state index is -0.373. The second-order valence-electron chi connectivity index (χ2n) is 4.89. The van der Waals surface area contributed by atoms with Crippen LogP contribution >= 0.6 is 0 Å². The number of hydrogen-bond donors (Lipinski definition) is 1. The van der Waals surface area contributed by atoms with Gasteiger partial charge < -0.3 is 10.2 Å². The average molecular weight is 240 g/mol. The molecule has 2 N–H and O–H groups in total. The van der Waals surface area contributed by atoms with Gasteiger partial charge in [-0.3, -0.25) is 4.98 Å². The molecule has 0 saturated heterocycles. The first kappa shape index (κ1) is 9.96. The molecule has 1 saturated carbocycles. The monoisotopic (exact) mass is 240 g/mol. The zero-order valence-electron chi connectivity index (χ0n) is 9.76. The predicted octanol–water partition coefficient (Wildman–Crippen LogP) is 1.40. The first-order chi connectivity index (χ1) is 8.76. The van der Waals surface area contributed by atoms with Crippen molar-refractivity contribution in [2.45, 2.75) is 24.8 Å². The van der Waals surface area contributed by atoms with Gasteiger partial charge in [0, 0.05) is 23.8 Å². The van der Waals surface area contributed by atoms with E-state index in [4.69, 9.17) is 10.2 Å². The number of nitrogens with zero attached hydrogens (tertiary/aromatic N) is 3. The van der Waals surface area contributed by atoms with Crippen LogP contribution in [0.4, 0.5) is 0 Å². The van der Waals surface area contributed by atoms with Crippen LogP contribution in [0, 0.1) is 0 Å². The number of rotatable bonds is 2. The Bertz CT molecular complexity index is 655. The van der Waals surface area contributed by atoms with Crippen molar-refractivity contribution in [3.05, 3.63) is 47.4 Å². The van der Waals surface area contributed by atoms with Gasteiger partial charge in [0.15, 0.2) is 0 Å². The minimum absolute atomic E-state index is 0.373. The molecule has 2 aliphatic carbocycles. The number of aromatic nitrogens is 3. The molecule has 4 rings (SSSR count). The molecule has 2 aromatic heterocycles. The molecule has 0 unspecified atom stereocenters. The van der Waals surface area contributed by atoms with Crippen molar-refractivity contribution in [1.29, 1.82) is 0 Å². The summed E-state index contributed by atoms with van der Waals surface area (Å²) < 4.78 is 5.71. The summed E-state index contributed by atoms with van der Waals surface area (Å²) in [6.45, 7) is 0. The van der Waals surface area contributed by atoms with Gasteiger partial charge >= 0.3 is 0 Å². The largest absolute Gasteiger partial charge is 0.419 e. The molecular weight excluding hydrogens is 228 g/mol. The van der Waals surface area contributed by atoms with E-state index >= 15 is 0 Å². The van der Waals surface area contributed by atoms with E-state index in [1.807, 2.05) is 12.1 Å². The Balaban J connectivity index is 1.75. The van der Waals surface area contributed by atoms with Crippen LogP contribution in [0.3, 0.4) is 0 Å². The van der Waals surface area contributed by atoms with E-state index in [-0.39, 0.29) is 5.54 Å². The summed E-state index contributed by atoms with van der Waals surface area (Å²) in [5.74, 6) is 1.10. The zero-order valence-corrected chi connectivity index (χ0v) is 9.76. The molecule has 0 atom stereocenters. The van der Waals surface area contributed by atoms with E-state index in [2.05, 4.69) is 21.3 Å². The molecule has 0 aromatic carbocycles. The van der Waals surface area contributed by atoms with Crippen LogP contribution in [-0.2, 0) is 12.0 Å². The van der Waals surface area contributed by atoms with Crippen LogP contribution in [0.5, 0.6) is 0 Å². The highest BCUT2D eigenvalue weighted by atomic mass is 16.4. The fraction of sp³-hybridized carbons (Fsp3) is 0.308. The summed E-state index contributed by atoms with van der Waals surface area (Å²) in [5.41, 5.74) is 8.78. The van der Waals surface area contributed by atoms with Crippen LogP contribution in [0.25, 0.3) is 5.57 Å². The molecule has 1 fully saturated rings. The van der Waals surface area contributed by atoms with E-state index in [1.165, 1.54) is 0 Å². The second-order valence-corrected chi connectivity index (χ2v) is 4.89. The Labute approximate surface area is 104 Å². The molecule has 2 heterocycles. The Kier molecular flexibility index (Phi) is 1.81. The first-order valence-corrected chi connectivity index (χ1v) is 6.04. The predicted molar refractivity (Wildman–Crippen MR) is 64.4 cm³/mol. The number of allylic oxidation sites excluding steroid dienone is 1. The molecule has 90 valence electrons. The molecular formula is C13H12N4O. The van der Waals surface area contributed by atoms with Gasteiger partial charge in [0.25, 0.3) is 0 Å². The Morgan fingerprint density at radius 1 is 1.28 bits per heavy atom. The lowest BCUT2D eigenvalue weighted by Gasteiger charge is -2.01. The van der Waals surface area contributed by atoms with Crippen molar-refractivity contribution < 1.29 is 4.42 Å². The maximum Gasteiger partial charge on any atom is 0.248 e. The van der Waals surface area contributed by atoms with E-state index in [0.29, 0.717) is 11.8 Å².